The third-order valence-corrected chi connectivity index (χ3v) is 3.91. The lowest BCUT2D eigenvalue weighted by atomic mass is 10.2. The number of carbonyl (C=O) groups is 1. The van der Waals surface area contributed by atoms with Crippen LogP contribution in [0.3, 0.4) is 0 Å². The summed E-state index contributed by atoms with van der Waals surface area (Å²) in [5.41, 5.74) is 1.36. The smallest absolute Gasteiger partial charge is 0.238 e. The number of methoxy groups -OCH3 is 1. The van der Waals surface area contributed by atoms with Crippen LogP contribution in [0, 0.1) is 5.82 Å². The fraction of sp³-hybridized carbons (Fsp3) is 0.278. The van der Waals surface area contributed by atoms with Crippen LogP contribution < -0.4 is 10.1 Å². The summed E-state index contributed by atoms with van der Waals surface area (Å²) < 4.78 is 18.7. The molecule has 24 heavy (non-hydrogen) atoms. The Hall–Kier alpha value is -2.11. The number of nitrogens with one attached hydrogen (secondary N) is 1. The minimum absolute atomic E-state index is 0.168. The lowest BCUT2D eigenvalue weighted by molar-refractivity contribution is -0.117. The molecule has 2 rings (SSSR count). The Kier molecular flexibility index (Phi) is 6.58. The van der Waals surface area contributed by atoms with Crippen LogP contribution in [0.25, 0.3) is 0 Å². The van der Waals surface area contributed by atoms with E-state index in [0.29, 0.717) is 23.8 Å². The van der Waals surface area contributed by atoms with E-state index in [0.717, 1.165) is 5.56 Å². The van der Waals surface area contributed by atoms with Gasteiger partial charge in [0.25, 0.3) is 0 Å². The summed E-state index contributed by atoms with van der Waals surface area (Å²) in [4.78, 5) is 14.1. The van der Waals surface area contributed by atoms with Gasteiger partial charge in [-0.1, -0.05) is 36.7 Å². The fourth-order valence-corrected chi connectivity index (χ4v) is 2.48. The van der Waals surface area contributed by atoms with Crippen LogP contribution in [0.15, 0.2) is 42.5 Å². The van der Waals surface area contributed by atoms with Gasteiger partial charge in [0, 0.05) is 6.54 Å². The van der Waals surface area contributed by atoms with Gasteiger partial charge in [-0.05, 0) is 36.4 Å². The van der Waals surface area contributed by atoms with Gasteiger partial charge in [-0.2, -0.15) is 0 Å². The molecule has 2 aromatic rings. The molecular weight excluding hydrogens is 331 g/mol. The van der Waals surface area contributed by atoms with Gasteiger partial charge in [-0.25, -0.2) is 4.39 Å². The number of nitrogens with zero attached hydrogens (tertiary/aromatic N) is 1. The zero-order chi connectivity index (χ0) is 17.5. The van der Waals surface area contributed by atoms with E-state index in [1.54, 1.807) is 36.4 Å². The highest BCUT2D eigenvalue weighted by atomic mass is 35.5. The van der Waals surface area contributed by atoms with Gasteiger partial charge in [0.15, 0.2) is 11.6 Å². The zero-order valence-corrected chi connectivity index (χ0v) is 14.4. The molecule has 2 aromatic carbocycles. The summed E-state index contributed by atoms with van der Waals surface area (Å²) in [7, 11) is 1.43. The van der Waals surface area contributed by atoms with Gasteiger partial charge < -0.3 is 10.1 Å². The SMILES string of the molecule is CCN(CC(=O)Nc1ccccc1Cl)Cc1ccc(OC)c(F)c1. The standard InChI is InChI=1S/C18H20ClFN2O2/c1-3-22(11-13-8-9-17(24-2)15(20)10-13)12-18(23)21-16-7-5-4-6-14(16)19/h4-10H,3,11-12H2,1-2H3,(H,21,23). The molecule has 0 heterocycles. The van der Waals surface area contributed by atoms with Crippen molar-refractivity contribution in [2.45, 2.75) is 13.5 Å². The molecule has 0 fully saturated rings. The second kappa shape index (κ2) is 8.66. The van der Waals surface area contributed by atoms with Gasteiger partial charge in [0.05, 0.1) is 24.4 Å². The number of amides is 1. The van der Waals surface area contributed by atoms with E-state index in [-0.39, 0.29) is 18.2 Å². The van der Waals surface area contributed by atoms with Gasteiger partial charge in [0.2, 0.25) is 5.91 Å². The van der Waals surface area contributed by atoms with Gasteiger partial charge >= 0.3 is 0 Å². The van der Waals surface area contributed by atoms with Crippen molar-refractivity contribution in [1.82, 2.24) is 4.90 Å². The Balaban J connectivity index is 1.97. The molecule has 0 spiro atoms. The summed E-state index contributed by atoms with van der Waals surface area (Å²) in [5.74, 6) is -0.372. The van der Waals surface area contributed by atoms with Crippen molar-refractivity contribution in [2.24, 2.45) is 0 Å². The van der Waals surface area contributed by atoms with Crippen LogP contribution in [0.2, 0.25) is 5.02 Å². The summed E-state index contributed by atoms with van der Waals surface area (Å²) >= 11 is 6.03. The highest BCUT2D eigenvalue weighted by molar-refractivity contribution is 6.33. The second-order valence-corrected chi connectivity index (χ2v) is 5.71. The Morgan fingerprint density at radius 3 is 2.67 bits per heavy atom. The molecule has 128 valence electrons. The quantitative estimate of drug-likeness (QED) is 0.822. The maximum atomic E-state index is 13.8. The van der Waals surface area contributed by atoms with Crippen LogP contribution >= 0.6 is 11.6 Å². The van der Waals surface area contributed by atoms with Crippen LogP contribution in [-0.2, 0) is 11.3 Å². The molecule has 1 amide bonds. The first-order valence-electron chi connectivity index (χ1n) is 7.62. The van der Waals surface area contributed by atoms with Crippen molar-refractivity contribution in [3.63, 3.8) is 0 Å². The van der Waals surface area contributed by atoms with Gasteiger partial charge in [-0.15, -0.1) is 0 Å². The van der Waals surface area contributed by atoms with Crippen LogP contribution in [0.4, 0.5) is 10.1 Å². The summed E-state index contributed by atoms with van der Waals surface area (Å²) in [6, 6.07) is 11.9. The van der Waals surface area contributed by atoms with E-state index in [4.69, 9.17) is 16.3 Å². The maximum Gasteiger partial charge on any atom is 0.238 e. The Labute approximate surface area is 146 Å². The van der Waals surface area contributed by atoms with Crippen molar-refractivity contribution < 1.29 is 13.9 Å². The lowest BCUT2D eigenvalue weighted by Crippen LogP contribution is -2.32. The third-order valence-electron chi connectivity index (χ3n) is 3.58. The monoisotopic (exact) mass is 350 g/mol. The number of ether oxygens (including phenoxy) is 1. The van der Waals surface area contributed by atoms with E-state index >= 15 is 0 Å². The topological polar surface area (TPSA) is 41.6 Å². The first-order valence-corrected chi connectivity index (χ1v) is 8.00. The van der Waals surface area contributed by atoms with Crippen molar-refractivity contribution in [3.8, 4) is 5.75 Å². The highest BCUT2D eigenvalue weighted by Crippen LogP contribution is 2.21. The van der Waals surface area contributed by atoms with Crippen molar-refractivity contribution in [1.29, 1.82) is 0 Å². The van der Waals surface area contributed by atoms with E-state index < -0.39 is 5.82 Å². The molecule has 0 saturated carbocycles. The molecule has 0 bridgehead atoms. The predicted octanol–water partition coefficient (Wildman–Crippen LogP) is 3.95. The molecule has 0 aliphatic rings. The molecule has 0 atom stereocenters. The lowest BCUT2D eigenvalue weighted by Gasteiger charge is -2.20. The van der Waals surface area contributed by atoms with E-state index in [1.165, 1.54) is 13.2 Å². The van der Waals surface area contributed by atoms with Gasteiger partial charge in [0.1, 0.15) is 0 Å². The van der Waals surface area contributed by atoms with Crippen molar-refractivity contribution in [3.05, 3.63) is 58.9 Å². The van der Waals surface area contributed by atoms with Crippen molar-refractivity contribution >= 4 is 23.2 Å². The minimum Gasteiger partial charge on any atom is -0.494 e. The number of hydrogen-bond donors (Lipinski definition) is 1. The molecule has 1 N–H and O–H groups in total. The number of halogens is 2. The normalized spacial score (nSPS) is 10.7. The minimum atomic E-state index is -0.411. The van der Waals surface area contributed by atoms with Crippen LogP contribution in [-0.4, -0.2) is 31.0 Å². The molecule has 0 aromatic heterocycles. The van der Waals surface area contributed by atoms with Crippen LogP contribution in [0.1, 0.15) is 12.5 Å². The summed E-state index contributed by atoms with van der Waals surface area (Å²) in [6.07, 6.45) is 0. The van der Waals surface area contributed by atoms with Crippen LogP contribution in [0.5, 0.6) is 5.75 Å². The average Bonchev–Trinajstić information content (AvgIpc) is 2.56. The number of rotatable bonds is 7. The second-order valence-electron chi connectivity index (χ2n) is 5.30. The molecule has 0 radical (unpaired) electrons. The predicted molar refractivity (Wildman–Crippen MR) is 94.0 cm³/mol. The Bertz CT molecular complexity index is 709. The molecule has 0 aliphatic carbocycles. The highest BCUT2D eigenvalue weighted by Gasteiger charge is 2.12. The summed E-state index contributed by atoms with van der Waals surface area (Å²) in [6.45, 7) is 3.26. The number of anilines is 1. The molecule has 0 aliphatic heterocycles. The summed E-state index contributed by atoms with van der Waals surface area (Å²) in [5, 5.41) is 3.28. The van der Waals surface area contributed by atoms with Crippen molar-refractivity contribution in [2.75, 3.05) is 25.5 Å². The molecular formula is C18H20ClFN2O2. The number of likely N-dealkylation sites (N-methyl/N-ethyl adjacent to an activating group) is 1. The third kappa shape index (κ3) is 4.94. The molecule has 0 unspecified atom stereocenters. The number of benzene rings is 2. The molecule has 6 heteroatoms. The van der Waals surface area contributed by atoms with E-state index in [2.05, 4.69) is 5.32 Å². The first kappa shape index (κ1) is 18.2. The van der Waals surface area contributed by atoms with Gasteiger partial charge in [-0.3, -0.25) is 9.69 Å². The maximum absolute atomic E-state index is 13.8. The zero-order valence-electron chi connectivity index (χ0n) is 13.7. The number of carbonyl (C=O) groups excluding carboxylic acids is 1. The Morgan fingerprint density at radius 2 is 2.04 bits per heavy atom. The first-order chi connectivity index (χ1) is 11.5. The largest absolute Gasteiger partial charge is 0.494 e. The van der Waals surface area contributed by atoms with E-state index in [9.17, 15) is 9.18 Å². The van der Waals surface area contributed by atoms with E-state index in [1.807, 2.05) is 11.8 Å². The number of hydrogen-bond acceptors (Lipinski definition) is 3. The number of para-hydroxylation sites is 1. The Morgan fingerprint density at radius 1 is 1.29 bits per heavy atom. The fourth-order valence-electron chi connectivity index (χ4n) is 2.30. The molecule has 0 saturated heterocycles. The average molecular weight is 351 g/mol. The molecule has 4 nitrogen and oxygen atoms in total.